The third kappa shape index (κ3) is 9.26. The lowest BCUT2D eigenvalue weighted by Gasteiger charge is -2.36. The Morgan fingerprint density at radius 1 is 1.04 bits per heavy atom. The topological polar surface area (TPSA) is 64.6 Å². The highest BCUT2D eigenvalue weighted by Crippen LogP contribution is 2.37. The predicted octanol–water partition coefficient (Wildman–Crippen LogP) is 4.07. The first-order valence-electron chi connectivity index (χ1n) is 8.28. The van der Waals surface area contributed by atoms with Crippen LogP contribution in [0.15, 0.2) is 12.2 Å². The molecule has 0 aromatic carbocycles. The van der Waals surface area contributed by atoms with Crippen LogP contribution in [0.2, 0.25) is 0 Å². The van der Waals surface area contributed by atoms with Crippen LogP contribution in [0.3, 0.4) is 0 Å². The van der Waals surface area contributed by atoms with Gasteiger partial charge in [-0.25, -0.2) is 9.59 Å². The first kappa shape index (κ1) is 21.5. The van der Waals surface area contributed by atoms with E-state index in [0.29, 0.717) is 12.1 Å². The zero-order valence-electron chi connectivity index (χ0n) is 15.6. The molecule has 0 aromatic rings. The molecule has 0 fully saturated rings. The Labute approximate surface area is 140 Å². The number of nitrogens with one attached hydrogen (secondary N) is 1. The Morgan fingerprint density at radius 2 is 1.61 bits per heavy atom. The molecule has 1 unspecified atom stereocenters. The van der Waals surface area contributed by atoms with Gasteiger partial charge in [0.05, 0.1) is 0 Å². The Bertz CT molecular complexity index is 417. The molecule has 0 aliphatic rings. The molecule has 0 radical (unpaired) electrons. The van der Waals surface area contributed by atoms with Gasteiger partial charge >= 0.3 is 12.1 Å². The summed E-state index contributed by atoms with van der Waals surface area (Å²) in [6.45, 7) is 16.7. The van der Waals surface area contributed by atoms with Gasteiger partial charge < -0.3 is 14.8 Å². The number of hydrogen-bond donors (Lipinski definition) is 1. The molecule has 0 bridgehead atoms. The summed E-state index contributed by atoms with van der Waals surface area (Å²) in [5.74, 6) is -0.477. The Kier molecular flexibility index (Phi) is 8.95. The zero-order valence-corrected chi connectivity index (χ0v) is 15.6. The standard InChI is InChI=1S/C18H33NO4/c1-8-17(5,6)12-18(7,9-2)13-19-16(21)23-11-10-22-15(20)14(3)4/h3,8-13H2,1-2,4-7H3,(H,19,21). The Morgan fingerprint density at radius 3 is 2.09 bits per heavy atom. The number of amides is 1. The summed E-state index contributed by atoms with van der Waals surface area (Å²) >= 11 is 0. The number of ether oxygens (including phenoxy) is 2. The molecule has 1 N–H and O–H groups in total. The van der Waals surface area contributed by atoms with Gasteiger partial charge in [0, 0.05) is 12.1 Å². The van der Waals surface area contributed by atoms with Crippen molar-refractivity contribution >= 4 is 12.1 Å². The minimum absolute atomic E-state index is 0.0327. The molecule has 5 nitrogen and oxygen atoms in total. The molecule has 0 saturated carbocycles. The van der Waals surface area contributed by atoms with Gasteiger partial charge in [-0.2, -0.15) is 0 Å². The van der Waals surface area contributed by atoms with Crippen LogP contribution in [0.5, 0.6) is 0 Å². The van der Waals surface area contributed by atoms with Crippen LogP contribution in [0.4, 0.5) is 4.79 Å². The van der Waals surface area contributed by atoms with Crippen LogP contribution in [0.25, 0.3) is 0 Å². The van der Waals surface area contributed by atoms with Crippen molar-refractivity contribution < 1.29 is 19.1 Å². The predicted molar refractivity (Wildman–Crippen MR) is 92.2 cm³/mol. The second-order valence-corrected chi connectivity index (χ2v) is 7.26. The van der Waals surface area contributed by atoms with Crippen molar-refractivity contribution in [3.63, 3.8) is 0 Å². The van der Waals surface area contributed by atoms with E-state index in [1.165, 1.54) is 0 Å². The van der Waals surface area contributed by atoms with E-state index in [1.54, 1.807) is 6.92 Å². The van der Waals surface area contributed by atoms with E-state index in [1.807, 2.05) is 0 Å². The Hall–Kier alpha value is -1.52. The maximum Gasteiger partial charge on any atom is 0.407 e. The number of carbonyl (C=O) groups excluding carboxylic acids is 2. The highest BCUT2D eigenvalue weighted by Gasteiger charge is 2.30. The monoisotopic (exact) mass is 327 g/mol. The van der Waals surface area contributed by atoms with Gasteiger partial charge in [-0.15, -0.1) is 0 Å². The summed E-state index contributed by atoms with van der Waals surface area (Å²) in [5.41, 5.74) is 0.601. The minimum Gasteiger partial charge on any atom is -0.459 e. The molecule has 134 valence electrons. The van der Waals surface area contributed by atoms with E-state index in [0.717, 1.165) is 19.3 Å². The summed E-state index contributed by atoms with van der Waals surface area (Å²) < 4.78 is 9.87. The van der Waals surface area contributed by atoms with E-state index < -0.39 is 12.1 Å². The fourth-order valence-electron chi connectivity index (χ4n) is 2.32. The van der Waals surface area contributed by atoms with Crippen molar-refractivity contribution in [3.05, 3.63) is 12.2 Å². The smallest absolute Gasteiger partial charge is 0.407 e. The normalized spacial score (nSPS) is 13.8. The molecule has 5 heteroatoms. The van der Waals surface area contributed by atoms with Crippen LogP contribution in [0, 0.1) is 10.8 Å². The quantitative estimate of drug-likeness (QED) is 0.373. The zero-order chi connectivity index (χ0) is 18.1. The summed E-state index contributed by atoms with van der Waals surface area (Å²) in [7, 11) is 0. The lowest BCUT2D eigenvalue weighted by molar-refractivity contribution is -0.139. The summed E-state index contributed by atoms with van der Waals surface area (Å²) in [6.07, 6.45) is 2.63. The van der Waals surface area contributed by atoms with Gasteiger partial charge in [0.15, 0.2) is 0 Å². The summed E-state index contributed by atoms with van der Waals surface area (Å²) in [5, 5.41) is 2.81. The molecule has 0 spiro atoms. The molecular formula is C18H33NO4. The van der Waals surface area contributed by atoms with Gasteiger partial charge in [-0.3, -0.25) is 0 Å². The van der Waals surface area contributed by atoms with Crippen molar-refractivity contribution in [1.29, 1.82) is 0 Å². The fraction of sp³-hybridized carbons (Fsp3) is 0.778. The molecule has 23 heavy (non-hydrogen) atoms. The van der Waals surface area contributed by atoms with Crippen molar-refractivity contribution in [2.45, 2.75) is 60.8 Å². The Balaban J connectivity index is 4.15. The number of hydrogen-bond acceptors (Lipinski definition) is 4. The lowest BCUT2D eigenvalue weighted by Crippen LogP contribution is -2.38. The number of carbonyl (C=O) groups is 2. The molecule has 0 aliphatic carbocycles. The van der Waals surface area contributed by atoms with E-state index in [9.17, 15) is 9.59 Å². The van der Waals surface area contributed by atoms with Crippen LogP contribution in [0.1, 0.15) is 60.8 Å². The van der Waals surface area contributed by atoms with Crippen LogP contribution in [-0.2, 0) is 14.3 Å². The SMILES string of the molecule is C=C(C)C(=O)OCCOC(=O)NCC(C)(CC)CC(C)(C)CC. The molecule has 0 heterocycles. The third-order valence-electron chi connectivity index (χ3n) is 4.27. The summed E-state index contributed by atoms with van der Waals surface area (Å²) in [4.78, 5) is 22.9. The average Bonchev–Trinajstić information content (AvgIpc) is 2.48. The molecule has 1 atom stereocenters. The van der Waals surface area contributed by atoms with E-state index >= 15 is 0 Å². The first-order valence-corrected chi connectivity index (χ1v) is 8.28. The maximum atomic E-state index is 11.7. The maximum absolute atomic E-state index is 11.7. The van der Waals surface area contributed by atoms with Gasteiger partial charge in [-0.05, 0) is 30.6 Å². The molecule has 0 saturated heterocycles. The molecule has 1 amide bonds. The van der Waals surface area contributed by atoms with Crippen molar-refractivity contribution in [1.82, 2.24) is 5.32 Å². The van der Waals surface area contributed by atoms with E-state index in [2.05, 4.69) is 46.5 Å². The highest BCUT2D eigenvalue weighted by atomic mass is 16.6. The largest absolute Gasteiger partial charge is 0.459 e. The highest BCUT2D eigenvalue weighted by molar-refractivity contribution is 5.86. The van der Waals surface area contributed by atoms with Crippen LogP contribution >= 0.6 is 0 Å². The number of rotatable bonds is 10. The molecule has 0 aliphatic heterocycles. The van der Waals surface area contributed by atoms with Crippen molar-refractivity contribution in [3.8, 4) is 0 Å². The van der Waals surface area contributed by atoms with Gasteiger partial charge in [-0.1, -0.05) is 47.6 Å². The molecular weight excluding hydrogens is 294 g/mol. The first-order chi connectivity index (χ1) is 10.5. The van der Waals surface area contributed by atoms with E-state index in [-0.39, 0.29) is 24.0 Å². The van der Waals surface area contributed by atoms with E-state index in [4.69, 9.17) is 9.47 Å². The minimum atomic E-state index is -0.481. The second-order valence-electron chi connectivity index (χ2n) is 7.26. The van der Waals surface area contributed by atoms with Gasteiger partial charge in [0.2, 0.25) is 0 Å². The fourth-order valence-corrected chi connectivity index (χ4v) is 2.32. The van der Waals surface area contributed by atoms with Crippen molar-refractivity contribution in [2.75, 3.05) is 19.8 Å². The van der Waals surface area contributed by atoms with Crippen molar-refractivity contribution in [2.24, 2.45) is 10.8 Å². The lowest BCUT2D eigenvalue weighted by atomic mass is 9.71. The molecule has 0 aromatic heterocycles. The van der Waals surface area contributed by atoms with Gasteiger partial charge in [0.25, 0.3) is 0 Å². The number of esters is 1. The third-order valence-corrected chi connectivity index (χ3v) is 4.27. The summed E-state index contributed by atoms with van der Waals surface area (Å²) in [6, 6.07) is 0. The number of alkyl carbamates (subject to hydrolysis) is 1. The average molecular weight is 327 g/mol. The second kappa shape index (κ2) is 9.58. The van der Waals surface area contributed by atoms with Crippen LogP contribution in [-0.4, -0.2) is 31.8 Å². The van der Waals surface area contributed by atoms with Crippen LogP contribution < -0.4 is 5.32 Å². The molecule has 0 rings (SSSR count). The van der Waals surface area contributed by atoms with Gasteiger partial charge in [0.1, 0.15) is 13.2 Å².